The fourth-order valence-corrected chi connectivity index (χ4v) is 1.65. The molecule has 1 amide bonds. The molecule has 0 aliphatic rings. The molecule has 0 spiro atoms. The summed E-state index contributed by atoms with van der Waals surface area (Å²) in [6, 6.07) is 8.42. The van der Waals surface area contributed by atoms with Gasteiger partial charge in [0.1, 0.15) is 17.3 Å². The number of carbonyl (C=O) groups is 1. The summed E-state index contributed by atoms with van der Waals surface area (Å²) in [5.74, 6) is 0.421. The zero-order chi connectivity index (χ0) is 13.8. The van der Waals surface area contributed by atoms with E-state index >= 15 is 0 Å². The highest BCUT2D eigenvalue weighted by Gasteiger charge is 2.07. The van der Waals surface area contributed by atoms with Gasteiger partial charge in [-0.2, -0.15) is 0 Å². The number of hydrogen-bond acceptors (Lipinski definition) is 4. The van der Waals surface area contributed by atoms with E-state index in [-0.39, 0.29) is 5.69 Å². The number of nitrogens with one attached hydrogen (secondary N) is 1. The average Bonchev–Trinajstić information content (AvgIpc) is 2.39. The molecule has 0 aliphatic heterocycles. The number of rotatable bonds is 4. The van der Waals surface area contributed by atoms with Crippen molar-refractivity contribution in [1.82, 2.24) is 9.97 Å². The van der Waals surface area contributed by atoms with Gasteiger partial charge in [0.15, 0.2) is 0 Å². The Kier molecular flexibility index (Phi) is 3.61. The number of primary amides is 1. The fraction of sp³-hybridized carbons (Fsp3) is 0.154. The minimum atomic E-state index is -0.720. The molecular formula is C13H13N3O3. The highest BCUT2D eigenvalue weighted by Crippen LogP contribution is 2.13. The number of methoxy groups -OCH3 is 1. The molecule has 1 aromatic heterocycles. The molecule has 19 heavy (non-hydrogen) atoms. The predicted octanol–water partition coefficient (Wildman–Crippen LogP) is 0.468. The third-order valence-electron chi connectivity index (χ3n) is 2.57. The van der Waals surface area contributed by atoms with Crippen molar-refractivity contribution in [3.8, 4) is 5.75 Å². The maximum absolute atomic E-state index is 11.4. The molecule has 0 radical (unpaired) electrons. The Morgan fingerprint density at radius 3 is 2.63 bits per heavy atom. The normalized spacial score (nSPS) is 10.2. The number of H-pyrrole nitrogens is 1. The largest absolute Gasteiger partial charge is 0.497 e. The van der Waals surface area contributed by atoms with Crippen LogP contribution >= 0.6 is 0 Å². The second-order valence-electron chi connectivity index (χ2n) is 3.97. The number of ether oxygens (including phenoxy) is 1. The highest BCUT2D eigenvalue weighted by molar-refractivity contribution is 5.90. The van der Waals surface area contributed by atoms with Gasteiger partial charge in [-0.1, -0.05) is 12.1 Å². The van der Waals surface area contributed by atoms with Crippen LogP contribution in [0, 0.1) is 0 Å². The van der Waals surface area contributed by atoms with Crippen LogP contribution in [0.25, 0.3) is 0 Å². The maximum Gasteiger partial charge on any atom is 0.267 e. The summed E-state index contributed by atoms with van der Waals surface area (Å²) < 4.78 is 5.05. The van der Waals surface area contributed by atoms with Gasteiger partial charge in [0.25, 0.3) is 11.5 Å². The van der Waals surface area contributed by atoms with Gasteiger partial charge in [-0.05, 0) is 17.7 Å². The van der Waals surface area contributed by atoms with Gasteiger partial charge < -0.3 is 15.5 Å². The smallest absolute Gasteiger partial charge is 0.267 e. The maximum atomic E-state index is 11.4. The number of benzene rings is 1. The topological polar surface area (TPSA) is 98.1 Å². The molecule has 0 fully saturated rings. The summed E-state index contributed by atoms with van der Waals surface area (Å²) >= 11 is 0. The first-order chi connectivity index (χ1) is 9.08. The standard InChI is InChI=1S/C13H13N3O3/c1-19-9-4-2-8(3-5-9)6-11-15-10(13(14)18)7-12(17)16-11/h2-5,7H,6H2,1H3,(H2,14,18)(H,15,16,17). The monoisotopic (exact) mass is 259 g/mol. The van der Waals surface area contributed by atoms with Crippen LogP contribution in [0.5, 0.6) is 5.75 Å². The van der Waals surface area contributed by atoms with Crippen molar-refractivity contribution in [2.75, 3.05) is 7.11 Å². The third kappa shape index (κ3) is 3.19. The van der Waals surface area contributed by atoms with E-state index in [0.717, 1.165) is 17.4 Å². The Bertz CT molecular complexity index is 647. The molecule has 0 atom stereocenters. The number of carbonyl (C=O) groups excluding carboxylic acids is 1. The van der Waals surface area contributed by atoms with E-state index in [9.17, 15) is 9.59 Å². The summed E-state index contributed by atoms with van der Waals surface area (Å²) in [4.78, 5) is 29.0. The van der Waals surface area contributed by atoms with Gasteiger partial charge in [-0.15, -0.1) is 0 Å². The van der Waals surface area contributed by atoms with E-state index < -0.39 is 11.5 Å². The number of hydrogen-bond donors (Lipinski definition) is 2. The number of nitrogens with two attached hydrogens (primary N) is 1. The quantitative estimate of drug-likeness (QED) is 0.833. The first-order valence-corrected chi connectivity index (χ1v) is 5.61. The molecule has 0 unspecified atom stereocenters. The molecule has 1 aromatic carbocycles. The van der Waals surface area contributed by atoms with E-state index in [1.54, 1.807) is 7.11 Å². The second-order valence-corrected chi connectivity index (χ2v) is 3.97. The Labute approximate surface area is 109 Å². The fourth-order valence-electron chi connectivity index (χ4n) is 1.65. The third-order valence-corrected chi connectivity index (χ3v) is 2.57. The lowest BCUT2D eigenvalue weighted by atomic mass is 10.1. The van der Waals surface area contributed by atoms with E-state index in [1.165, 1.54) is 0 Å². The molecule has 0 aliphatic carbocycles. The van der Waals surface area contributed by atoms with Crippen molar-refractivity contribution in [3.63, 3.8) is 0 Å². The zero-order valence-electron chi connectivity index (χ0n) is 10.3. The zero-order valence-corrected chi connectivity index (χ0v) is 10.3. The minimum absolute atomic E-state index is 0.0349. The van der Waals surface area contributed by atoms with Crippen LogP contribution < -0.4 is 16.0 Å². The van der Waals surface area contributed by atoms with Gasteiger partial charge >= 0.3 is 0 Å². The van der Waals surface area contributed by atoms with E-state index in [2.05, 4.69) is 9.97 Å². The molecule has 1 heterocycles. The molecular weight excluding hydrogens is 246 g/mol. The van der Waals surface area contributed by atoms with E-state index in [4.69, 9.17) is 10.5 Å². The second kappa shape index (κ2) is 5.34. The van der Waals surface area contributed by atoms with Crippen molar-refractivity contribution in [2.24, 2.45) is 5.73 Å². The molecule has 98 valence electrons. The average molecular weight is 259 g/mol. The first kappa shape index (κ1) is 12.8. The van der Waals surface area contributed by atoms with Crippen molar-refractivity contribution < 1.29 is 9.53 Å². The molecule has 0 saturated heterocycles. The number of aromatic amines is 1. The van der Waals surface area contributed by atoms with Crippen LogP contribution in [-0.2, 0) is 6.42 Å². The van der Waals surface area contributed by atoms with E-state index in [0.29, 0.717) is 12.2 Å². The van der Waals surface area contributed by atoms with Crippen molar-refractivity contribution in [2.45, 2.75) is 6.42 Å². The van der Waals surface area contributed by atoms with Crippen LogP contribution in [0.1, 0.15) is 21.9 Å². The van der Waals surface area contributed by atoms with Crippen molar-refractivity contribution in [1.29, 1.82) is 0 Å². The molecule has 6 heteroatoms. The van der Waals surface area contributed by atoms with Crippen molar-refractivity contribution >= 4 is 5.91 Å². The summed E-state index contributed by atoms with van der Waals surface area (Å²) in [6.45, 7) is 0. The van der Waals surface area contributed by atoms with E-state index in [1.807, 2.05) is 24.3 Å². The van der Waals surface area contributed by atoms with Crippen LogP contribution in [0.2, 0.25) is 0 Å². The molecule has 2 rings (SSSR count). The summed E-state index contributed by atoms with van der Waals surface area (Å²) in [7, 11) is 1.59. The highest BCUT2D eigenvalue weighted by atomic mass is 16.5. The van der Waals surface area contributed by atoms with Crippen LogP contribution in [0.3, 0.4) is 0 Å². The van der Waals surface area contributed by atoms with Gasteiger partial charge in [-0.25, -0.2) is 4.98 Å². The van der Waals surface area contributed by atoms with Gasteiger partial charge in [-0.3, -0.25) is 9.59 Å². The molecule has 6 nitrogen and oxygen atoms in total. The molecule has 2 aromatic rings. The molecule has 0 saturated carbocycles. The summed E-state index contributed by atoms with van der Waals surface area (Å²) in [5, 5.41) is 0. The first-order valence-electron chi connectivity index (χ1n) is 5.61. The number of aromatic nitrogens is 2. The van der Waals surface area contributed by atoms with Gasteiger partial charge in [0, 0.05) is 12.5 Å². The molecule has 0 bridgehead atoms. The predicted molar refractivity (Wildman–Crippen MR) is 69.2 cm³/mol. The number of nitrogens with zero attached hydrogens (tertiary/aromatic N) is 1. The summed E-state index contributed by atoms with van der Waals surface area (Å²) in [5.41, 5.74) is 5.62. The Morgan fingerprint density at radius 1 is 1.37 bits per heavy atom. The lowest BCUT2D eigenvalue weighted by Crippen LogP contribution is -2.20. The Morgan fingerprint density at radius 2 is 2.05 bits per heavy atom. The Hall–Kier alpha value is -2.63. The lowest BCUT2D eigenvalue weighted by molar-refractivity contribution is 0.0995. The van der Waals surface area contributed by atoms with Gasteiger partial charge in [0.2, 0.25) is 0 Å². The van der Waals surface area contributed by atoms with Crippen LogP contribution in [-0.4, -0.2) is 23.0 Å². The van der Waals surface area contributed by atoms with Gasteiger partial charge in [0.05, 0.1) is 7.11 Å². The SMILES string of the molecule is COc1ccc(Cc2nc(C(N)=O)cc(=O)[nH]2)cc1. The summed E-state index contributed by atoms with van der Waals surface area (Å²) in [6.07, 6.45) is 0.403. The van der Waals surface area contributed by atoms with Crippen molar-refractivity contribution in [3.05, 3.63) is 57.8 Å². The van der Waals surface area contributed by atoms with Crippen LogP contribution in [0.4, 0.5) is 0 Å². The molecule has 3 N–H and O–H groups in total. The number of amides is 1. The minimum Gasteiger partial charge on any atom is -0.497 e. The lowest BCUT2D eigenvalue weighted by Gasteiger charge is -2.04. The Balaban J connectivity index is 2.27. The van der Waals surface area contributed by atoms with Crippen LogP contribution in [0.15, 0.2) is 35.1 Å².